The minimum absolute atomic E-state index is 0.190. The Bertz CT molecular complexity index is 475. The van der Waals surface area contributed by atoms with Crippen LogP contribution in [0.5, 0.6) is 11.5 Å². The van der Waals surface area contributed by atoms with Gasteiger partial charge in [0.15, 0.2) is 18.1 Å². The summed E-state index contributed by atoms with van der Waals surface area (Å²) in [5, 5.41) is 8.68. The molecule has 7 nitrogen and oxygen atoms in total. The van der Waals surface area contributed by atoms with Gasteiger partial charge in [0.1, 0.15) is 0 Å². The molecule has 0 bridgehead atoms. The standard InChI is InChI=1S/C12H16N2O5/c1-18-10-4-7(8(13)5-12(16)17)2-3-9(10)19-6-11(14)15/h2-4,8H,5-6,13H2,1H3,(H2,14,15)(H,16,17)/t8-/m0/s1. The van der Waals surface area contributed by atoms with Crippen molar-refractivity contribution in [2.75, 3.05) is 13.7 Å². The maximum Gasteiger partial charge on any atom is 0.305 e. The first-order valence-electron chi connectivity index (χ1n) is 5.50. The fourth-order valence-corrected chi connectivity index (χ4v) is 1.49. The SMILES string of the molecule is COc1cc([C@@H](N)CC(=O)O)ccc1OCC(N)=O. The van der Waals surface area contributed by atoms with Crippen molar-refractivity contribution in [3.8, 4) is 11.5 Å². The lowest BCUT2D eigenvalue weighted by molar-refractivity contribution is -0.137. The van der Waals surface area contributed by atoms with E-state index < -0.39 is 17.9 Å². The molecule has 0 radical (unpaired) electrons. The molecule has 1 atom stereocenters. The van der Waals surface area contributed by atoms with Crippen molar-refractivity contribution in [2.24, 2.45) is 11.5 Å². The van der Waals surface area contributed by atoms with Crippen molar-refractivity contribution >= 4 is 11.9 Å². The van der Waals surface area contributed by atoms with E-state index in [-0.39, 0.29) is 13.0 Å². The van der Waals surface area contributed by atoms with Gasteiger partial charge in [-0.2, -0.15) is 0 Å². The highest BCUT2D eigenvalue weighted by Crippen LogP contribution is 2.30. The van der Waals surface area contributed by atoms with E-state index in [0.29, 0.717) is 17.1 Å². The highest BCUT2D eigenvalue weighted by molar-refractivity contribution is 5.75. The number of methoxy groups -OCH3 is 1. The summed E-state index contributed by atoms with van der Waals surface area (Å²) in [4.78, 5) is 21.2. The number of benzene rings is 1. The van der Waals surface area contributed by atoms with Gasteiger partial charge in [-0.15, -0.1) is 0 Å². The van der Waals surface area contributed by atoms with Gasteiger partial charge < -0.3 is 26.0 Å². The van der Waals surface area contributed by atoms with Crippen LogP contribution in [0.3, 0.4) is 0 Å². The van der Waals surface area contributed by atoms with Crippen LogP contribution < -0.4 is 20.9 Å². The fraction of sp³-hybridized carbons (Fsp3) is 0.333. The average molecular weight is 268 g/mol. The number of rotatable bonds is 7. The predicted octanol–water partition coefficient (Wildman–Crippen LogP) is 0.0338. The number of carboxylic acid groups (broad SMARTS) is 1. The normalized spacial score (nSPS) is 11.7. The molecule has 1 rings (SSSR count). The third-order valence-electron chi connectivity index (χ3n) is 2.38. The number of carboxylic acids is 1. The molecule has 0 aromatic heterocycles. The van der Waals surface area contributed by atoms with E-state index in [1.807, 2.05) is 0 Å². The van der Waals surface area contributed by atoms with Gasteiger partial charge in [-0.25, -0.2) is 0 Å². The van der Waals surface area contributed by atoms with Crippen molar-refractivity contribution < 1.29 is 24.2 Å². The molecule has 0 aliphatic rings. The quantitative estimate of drug-likeness (QED) is 0.641. The van der Waals surface area contributed by atoms with Gasteiger partial charge in [-0.3, -0.25) is 9.59 Å². The topological polar surface area (TPSA) is 125 Å². The highest BCUT2D eigenvalue weighted by atomic mass is 16.5. The summed E-state index contributed by atoms with van der Waals surface area (Å²) < 4.78 is 10.2. The molecule has 1 aromatic rings. The smallest absolute Gasteiger partial charge is 0.305 e. The van der Waals surface area contributed by atoms with Gasteiger partial charge in [0.2, 0.25) is 0 Å². The minimum Gasteiger partial charge on any atom is -0.493 e. The van der Waals surface area contributed by atoms with Crippen molar-refractivity contribution in [3.05, 3.63) is 23.8 Å². The number of nitrogens with two attached hydrogens (primary N) is 2. The Hall–Kier alpha value is -2.28. The van der Waals surface area contributed by atoms with Gasteiger partial charge in [0.25, 0.3) is 5.91 Å². The molecule has 0 aliphatic heterocycles. The van der Waals surface area contributed by atoms with Crippen LogP contribution >= 0.6 is 0 Å². The second-order valence-electron chi connectivity index (χ2n) is 3.87. The van der Waals surface area contributed by atoms with E-state index in [9.17, 15) is 9.59 Å². The lowest BCUT2D eigenvalue weighted by Crippen LogP contribution is -2.20. The lowest BCUT2D eigenvalue weighted by Gasteiger charge is -2.14. The first-order chi connectivity index (χ1) is 8.93. The number of ether oxygens (including phenoxy) is 2. The molecule has 1 amide bonds. The highest BCUT2D eigenvalue weighted by Gasteiger charge is 2.14. The molecule has 0 heterocycles. The number of hydrogen-bond acceptors (Lipinski definition) is 5. The number of carbonyl (C=O) groups is 2. The summed E-state index contributed by atoms with van der Waals surface area (Å²) in [5.74, 6) is -0.888. The van der Waals surface area contributed by atoms with Gasteiger partial charge in [-0.05, 0) is 17.7 Å². The van der Waals surface area contributed by atoms with Gasteiger partial charge in [-0.1, -0.05) is 6.07 Å². The van der Waals surface area contributed by atoms with Crippen molar-refractivity contribution in [1.82, 2.24) is 0 Å². The van der Waals surface area contributed by atoms with Crippen LogP contribution in [0.25, 0.3) is 0 Å². The molecular formula is C12H16N2O5. The van der Waals surface area contributed by atoms with E-state index in [1.54, 1.807) is 18.2 Å². The first kappa shape index (κ1) is 14.8. The molecule has 0 aliphatic carbocycles. The van der Waals surface area contributed by atoms with E-state index in [1.165, 1.54) is 7.11 Å². The molecule has 19 heavy (non-hydrogen) atoms. The number of hydrogen-bond donors (Lipinski definition) is 3. The van der Waals surface area contributed by atoms with Crippen LogP contribution in [0.15, 0.2) is 18.2 Å². The van der Waals surface area contributed by atoms with Gasteiger partial charge in [0, 0.05) is 6.04 Å². The predicted molar refractivity (Wildman–Crippen MR) is 66.9 cm³/mol. The molecule has 5 N–H and O–H groups in total. The largest absolute Gasteiger partial charge is 0.493 e. The summed E-state index contributed by atoms with van der Waals surface area (Å²) in [6, 6.07) is 4.10. The zero-order valence-corrected chi connectivity index (χ0v) is 10.5. The third-order valence-corrected chi connectivity index (χ3v) is 2.38. The number of carbonyl (C=O) groups excluding carboxylic acids is 1. The zero-order chi connectivity index (χ0) is 14.4. The Morgan fingerprint density at radius 1 is 1.37 bits per heavy atom. The Morgan fingerprint density at radius 3 is 2.58 bits per heavy atom. The van der Waals surface area contributed by atoms with E-state index in [2.05, 4.69) is 0 Å². The Morgan fingerprint density at radius 2 is 2.05 bits per heavy atom. The summed E-state index contributed by atoms with van der Waals surface area (Å²) in [7, 11) is 1.43. The second-order valence-corrected chi connectivity index (χ2v) is 3.87. The Kier molecular flexibility index (Phi) is 5.13. The van der Waals surface area contributed by atoms with Crippen LogP contribution in [0.4, 0.5) is 0 Å². The first-order valence-corrected chi connectivity index (χ1v) is 5.50. The molecule has 0 saturated carbocycles. The number of primary amides is 1. The van der Waals surface area contributed by atoms with Crippen LogP contribution in [0.2, 0.25) is 0 Å². The van der Waals surface area contributed by atoms with E-state index >= 15 is 0 Å². The molecule has 7 heteroatoms. The second kappa shape index (κ2) is 6.60. The summed E-state index contributed by atoms with van der Waals surface area (Å²) in [6.45, 7) is -0.267. The monoisotopic (exact) mass is 268 g/mol. The van der Waals surface area contributed by atoms with Crippen LogP contribution in [-0.2, 0) is 9.59 Å². The van der Waals surface area contributed by atoms with Gasteiger partial charge >= 0.3 is 5.97 Å². The molecule has 0 unspecified atom stereocenters. The maximum absolute atomic E-state index is 10.6. The molecule has 0 saturated heterocycles. The minimum atomic E-state index is -0.986. The molecule has 1 aromatic carbocycles. The number of aliphatic carboxylic acids is 1. The summed E-state index contributed by atoms with van der Waals surface area (Å²) >= 11 is 0. The third kappa shape index (κ3) is 4.47. The van der Waals surface area contributed by atoms with Crippen LogP contribution in [-0.4, -0.2) is 30.7 Å². The van der Waals surface area contributed by atoms with Gasteiger partial charge in [0.05, 0.1) is 13.5 Å². The van der Waals surface area contributed by atoms with Crippen molar-refractivity contribution in [3.63, 3.8) is 0 Å². The van der Waals surface area contributed by atoms with Crippen LogP contribution in [0, 0.1) is 0 Å². The maximum atomic E-state index is 10.6. The molecule has 0 spiro atoms. The summed E-state index contributed by atoms with van der Waals surface area (Å²) in [5.41, 5.74) is 11.3. The Balaban J connectivity index is 2.88. The van der Waals surface area contributed by atoms with Crippen LogP contribution in [0.1, 0.15) is 18.0 Å². The Labute approximate surface area is 110 Å². The van der Waals surface area contributed by atoms with Crippen molar-refractivity contribution in [1.29, 1.82) is 0 Å². The molecule has 104 valence electrons. The molecular weight excluding hydrogens is 252 g/mol. The summed E-state index contributed by atoms with van der Waals surface area (Å²) in [6.07, 6.45) is -0.190. The number of amides is 1. The fourth-order valence-electron chi connectivity index (χ4n) is 1.49. The van der Waals surface area contributed by atoms with E-state index in [4.69, 9.17) is 26.0 Å². The average Bonchev–Trinajstić information content (AvgIpc) is 2.35. The lowest BCUT2D eigenvalue weighted by atomic mass is 10.0. The zero-order valence-electron chi connectivity index (χ0n) is 10.5. The van der Waals surface area contributed by atoms with E-state index in [0.717, 1.165) is 0 Å². The van der Waals surface area contributed by atoms with Crippen molar-refractivity contribution in [2.45, 2.75) is 12.5 Å². The molecule has 0 fully saturated rings.